The summed E-state index contributed by atoms with van der Waals surface area (Å²) in [6.45, 7) is 0. The van der Waals surface area contributed by atoms with Crippen molar-refractivity contribution < 1.29 is 23.1 Å². The van der Waals surface area contributed by atoms with Crippen molar-refractivity contribution in [2.75, 3.05) is 0 Å². The Bertz CT molecular complexity index is 674. The van der Waals surface area contributed by atoms with E-state index in [9.17, 15) is 18.0 Å². The smallest absolute Gasteiger partial charge is 0.417 e. The molecule has 104 valence electrons. The van der Waals surface area contributed by atoms with Crippen LogP contribution in [0.4, 0.5) is 13.2 Å². The number of nitrogens with zero attached hydrogens (tertiary/aromatic N) is 2. The predicted octanol–water partition coefficient (Wildman–Crippen LogP) is 3.51. The molecule has 2 rings (SSSR count). The van der Waals surface area contributed by atoms with Crippen LogP contribution in [0.15, 0.2) is 30.5 Å². The number of aromatic carboxylic acids is 1. The molecule has 0 unspecified atom stereocenters. The average molecular weight is 303 g/mol. The molecule has 1 N–H and O–H groups in total. The fourth-order valence-corrected chi connectivity index (χ4v) is 1.81. The summed E-state index contributed by atoms with van der Waals surface area (Å²) in [4.78, 5) is 18.0. The molecule has 0 spiro atoms. The second-order valence-electron chi connectivity index (χ2n) is 3.76. The van der Waals surface area contributed by atoms with Crippen molar-refractivity contribution in [2.45, 2.75) is 6.18 Å². The van der Waals surface area contributed by atoms with Crippen LogP contribution in [-0.4, -0.2) is 21.0 Å². The monoisotopic (exact) mass is 302 g/mol. The number of hydrogen-bond acceptors (Lipinski definition) is 3. The fraction of sp³-hybridized carbons (Fsp3) is 0.0833. The summed E-state index contributed by atoms with van der Waals surface area (Å²) < 4.78 is 37.7. The van der Waals surface area contributed by atoms with Crippen LogP contribution in [0.5, 0.6) is 0 Å². The number of aromatic nitrogens is 2. The Labute approximate surface area is 115 Å². The number of halogens is 4. The molecule has 2 aromatic rings. The van der Waals surface area contributed by atoms with Crippen LogP contribution in [0, 0.1) is 0 Å². The van der Waals surface area contributed by atoms with Gasteiger partial charge in [0, 0.05) is 11.8 Å². The molecule has 0 saturated heterocycles. The maximum atomic E-state index is 12.6. The van der Waals surface area contributed by atoms with Gasteiger partial charge in [0.2, 0.25) is 5.82 Å². The summed E-state index contributed by atoms with van der Waals surface area (Å²) >= 11 is 5.59. The van der Waals surface area contributed by atoms with Crippen LogP contribution in [-0.2, 0) is 6.18 Å². The zero-order valence-corrected chi connectivity index (χ0v) is 10.4. The maximum Gasteiger partial charge on any atom is 0.417 e. The third kappa shape index (κ3) is 2.88. The van der Waals surface area contributed by atoms with Gasteiger partial charge in [0.15, 0.2) is 0 Å². The average Bonchev–Trinajstić information content (AvgIpc) is 2.37. The highest BCUT2D eigenvalue weighted by molar-refractivity contribution is 6.31. The number of alkyl halides is 3. The van der Waals surface area contributed by atoms with Crippen LogP contribution in [0.25, 0.3) is 11.3 Å². The van der Waals surface area contributed by atoms with Crippen LogP contribution in [0.2, 0.25) is 5.02 Å². The van der Waals surface area contributed by atoms with E-state index in [0.29, 0.717) is 0 Å². The minimum atomic E-state index is -4.55. The van der Waals surface area contributed by atoms with Crippen LogP contribution < -0.4 is 0 Å². The Kier molecular flexibility index (Phi) is 3.63. The highest BCUT2D eigenvalue weighted by atomic mass is 35.5. The summed E-state index contributed by atoms with van der Waals surface area (Å²) in [6.07, 6.45) is -3.34. The first-order valence-corrected chi connectivity index (χ1v) is 5.60. The van der Waals surface area contributed by atoms with Gasteiger partial charge in [-0.25, -0.2) is 14.8 Å². The van der Waals surface area contributed by atoms with E-state index in [1.165, 1.54) is 18.3 Å². The summed E-state index contributed by atoms with van der Waals surface area (Å²) in [5.41, 5.74) is -0.517. The molecular weight excluding hydrogens is 297 g/mol. The summed E-state index contributed by atoms with van der Waals surface area (Å²) in [6, 6.07) is 4.45. The molecule has 20 heavy (non-hydrogen) atoms. The molecule has 1 aromatic heterocycles. The van der Waals surface area contributed by atoms with Gasteiger partial charge in [-0.1, -0.05) is 17.7 Å². The molecule has 8 heteroatoms. The van der Waals surface area contributed by atoms with Crippen molar-refractivity contribution in [2.24, 2.45) is 0 Å². The van der Waals surface area contributed by atoms with E-state index in [1.807, 2.05) is 0 Å². The lowest BCUT2D eigenvalue weighted by Crippen LogP contribution is -2.06. The Morgan fingerprint density at radius 2 is 1.95 bits per heavy atom. The number of hydrogen-bond donors (Lipinski definition) is 1. The zero-order chi connectivity index (χ0) is 14.9. The first-order valence-electron chi connectivity index (χ1n) is 5.22. The van der Waals surface area contributed by atoms with E-state index in [1.54, 1.807) is 0 Å². The molecule has 0 fully saturated rings. The highest BCUT2D eigenvalue weighted by Gasteiger charge is 2.33. The van der Waals surface area contributed by atoms with E-state index < -0.39 is 28.6 Å². The largest absolute Gasteiger partial charge is 0.475 e. The van der Waals surface area contributed by atoms with Gasteiger partial charge < -0.3 is 5.11 Å². The third-order valence-electron chi connectivity index (χ3n) is 2.42. The van der Waals surface area contributed by atoms with Gasteiger partial charge >= 0.3 is 12.1 Å². The predicted molar refractivity (Wildman–Crippen MR) is 64.4 cm³/mol. The number of rotatable bonds is 2. The van der Waals surface area contributed by atoms with Gasteiger partial charge in [-0.3, -0.25) is 0 Å². The Morgan fingerprint density at radius 3 is 2.50 bits per heavy atom. The van der Waals surface area contributed by atoms with Gasteiger partial charge in [-0.2, -0.15) is 13.2 Å². The van der Waals surface area contributed by atoms with Crippen LogP contribution in [0.3, 0.4) is 0 Å². The van der Waals surface area contributed by atoms with Crippen molar-refractivity contribution in [1.29, 1.82) is 0 Å². The molecule has 0 aliphatic carbocycles. The topological polar surface area (TPSA) is 63.1 Å². The van der Waals surface area contributed by atoms with Crippen molar-refractivity contribution in [1.82, 2.24) is 9.97 Å². The SMILES string of the molecule is O=C(O)c1nccc(-c2ccc(C(F)(F)F)c(Cl)c2)n1. The number of carboxylic acids is 1. The molecule has 0 aliphatic heterocycles. The lowest BCUT2D eigenvalue weighted by molar-refractivity contribution is -0.137. The Balaban J connectivity index is 2.47. The quantitative estimate of drug-likeness (QED) is 0.922. The molecule has 0 aliphatic rings. The highest BCUT2D eigenvalue weighted by Crippen LogP contribution is 2.36. The lowest BCUT2D eigenvalue weighted by Gasteiger charge is -2.10. The zero-order valence-electron chi connectivity index (χ0n) is 9.65. The second kappa shape index (κ2) is 5.09. The van der Waals surface area contributed by atoms with Gasteiger partial charge in [0.25, 0.3) is 0 Å². The number of carbonyl (C=O) groups is 1. The van der Waals surface area contributed by atoms with Gasteiger partial charge in [-0.15, -0.1) is 0 Å². The fourth-order valence-electron chi connectivity index (χ4n) is 1.53. The third-order valence-corrected chi connectivity index (χ3v) is 2.73. The summed E-state index contributed by atoms with van der Waals surface area (Å²) in [5, 5.41) is 8.28. The van der Waals surface area contributed by atoms with Crippen LogP contribution in [0.1, 0.15) is 16.2 Å². The standard InChI is InChI=1S/C12H6ClF3N2O2/c13-8-5-6(1-2-7(8)12(14,15)16)9-3-4-17-10(18-9)11(19)20/h1-5H,(H,19,20). The molecule has 4 nitrogen and oxygen atoms in total. The first-order chi connectivity index (χ1) is 9.29. The van der Waals surface area contributed by atoms with E-state index in [2.05, 4.69) is 9.97 Å². The van der Waals surface area contributed by atoms with Crippen molar-refractivity contribution >= 4 is 17.6 Å². The molecule has 0 atom stereocenters. The molecule has 0 radical (unpaired) electrons. The number of benzene rings is 1. The van der Waals surface area contributed by atoms with Gasteiger partial charge in [0.05, 0.1) is 16.3 Å². The molecule has 0 amide bonds. The molecular formula is C12H6ClF3N2O2. The minimum absolute atomic E-state index is 0.174. The maximum absolute atomic E-state index is 12.6. The Hall–Kier alpha value is -2.15. The molecule has 1 heterocycles. The van der Waals surface area contributed by atoms with Crippen molar-refractivity contribution in [3.05, 3.63) is 46.9 Å². The lowest BCUT2D eigenvalue weighted by atomic mass is 10.1. The van der Waals surface area contributed by atoms with E-state index >= 15 is 0 Å². The molecule has 0 saturated carbocycles. The van der Waals surface area contributed by atoms with E-state index in [0.717, 1.165) is 12.1 Å². The normalized spacial score (nSPS) is 11.4. The van der Waals surface area contributed by atoms with Crippen molar-refractivity contribution in [3.63, 3.8) is 0 Å². The van der Waals surface area contributed by atoms with Gasteiger partial charge in [0.1, 0.15) is 0 Å². The van der Waals surface area contributed by atoms with Crippen molar-refractivity contribution in [3.8, 4) is 11.3 Å². The summed E-state index contributed by atoms with van der Waals surface area (Å²) in [7, 11) is 0. The first kappa shape index (κ1) is 14.3. The summed E-state index contributed by atoms with van der Waals surface area (Å²) in [5.74, 6) is -1.77. The second-order valence-corrected chi connectivity index (χ2v) is 4.17. The Morgan fingerprint density at radius 1 is 1.25 bits per heavy atom. The van der Waals surface area contributed by atoms with Crippen LogP contribution >= 0.6 is 11.6 Å². The molecule has 1 aromatic carbocycles. The van der Waals surface area contributed by atoms with Gasteiger partial charge in [-0.05, 0) is 18.2 Å². The minimum Gasteiger partial charge on any atom is -0.475 e. The number of carboxylic acid groups (broad SMARTS) is 1. The van der Waals surface area contributed by atoms with E-state index in [-0.39, 0.29) is 11.3 Å². The van der Waals surface area contributed by atoms with E-state index in [4.69, 9.17) is 16.7 Å². The molecule has 0 bridgehead atoms.